The first-order valence-electron chi connectivity index (χ1n) is 9.08. The SMILES string of the molecule is COc1ccc(-c2noc(-c3nnn(-c4ccc(C(C)C)cc4)c3C)n2)cc1. The van der Waals surface area contributed by atoms with E-state index in [9.17, 15) is 0 Å². The van der Waals surface area contributed by atoms with Crippen molar-refractivity contribution >= 4 is 0 Å². The van der Waals surface area contributed by atoms with Crippen molar-refractivity contribution in [3.05, 3.63) is 59.8 Å². The lowest BCUT2D eigenvalue weighted by Crippen LogP contribution is -1.99. The molecule has 0 radical (unpaired) electrons. The fourth-order valence-electron chi connectivity index (χ4n) is 2.95. The second kappa shape index (κ2) is 7.26. The Kier molecular flexibility index (Phi) is 4.65. The van der Waals surface area contributed by atoms with Gasteiger partial charge in [-0.25, -0.2) is 4.68 Å². The average Bonchev–Trinajstić information content (AvgIpc) is 3.35. The summed E-state index contributed by atoms with van der Waals surface area (Å²) in [6.07, 6.45) is 0. The number of rotatable bonds is 5. The van der Waals surface area contributed by atoms with Crippen LogP contribution in [0.15, 0.2) is 53.1 Å². The Morgan fingerprint density at radius 2 is 1.71 bits per heavy atom. The molecule has 0 spiro atoms. The summed E-state index contributed by atoms with van der Waals surface area (Å²) in [6, 6.07) is 15.8. The minimum Gasteiger partial charge on any atom is -0.497 e. The number of hydrogen-bond acceptors (Lipinski definition) is 6. The fourth-order valence-corrected chi connectivity index (χ4v) is 2.95. The van der Waals surface area contributed by atoms with Gasteiger partial charge in [0.1, 0.15) is 5.75 Å². The molecule has 2 aromatic heterocycles. The summed E-state index contributed by atoms with van der Waals surface area (Å²) in [6.45, 7) is 6.27. The smallest absolute Gasteiger partial charge is 0.280 e. The van der Waals surface area contributed by atoms with E-state index in [0.29, 0.717) is 23.3 Å². The fraction of sp³-hybridized carbons (Fsp3) is 0.238. The van der Waals surface area contributed by atoms with E-state index >= 15 is 0 Å². The monoisotopic (exact) mass is 375 g/mol. The van der Waals surface area contributed by atoms with Gasteiger partial charge in [0, 0.05) is 5.56 Å². The topological polar surface area (TPSA) is 78.9 Å². The minimum absolute atomic E-state index is 0.341. The molecule has 4 rings (SSSR count). The van der Waals surface area contributed by atoms with Crippen molar-refractivity contribution in [3.8, 4) is 34.4 Å². The Labute approximate surface area is 163 Å². The van der Waals surface area contributed by atoms with Gasteiger partial charge in [0.15, 0.2) is 5.69 Å². The highest BCUT2D eigenvalue weighted by molar-refractivity contribution is 5.59. The molecule has 0 bridgehead atoms. The summed E-state index contributed by atoms with van der Waals surface area (Å²) < 4.78 is 12.4. The molecule has 142 valence electrons. The largest absolute Gasteiger partial charge is 0.497 e. The first-order chi connectivity index (χ1) is 13.6. The molecule has 2 heterocycles. The molecule has 0 fully saturated rings. The molecule has 0 saturated heterocycles. The van der Waals surface area contributed by atoms with Crippen LogP contribution in [0.3, 0.4) is 0 Å². The number of ether oxygens (including phenoxy) is 1. The Bertz CT molecular complexity index is 1080. The van der Waals surface area contributed by atoms with Crippen LogP contribution < -0.4 is 4.74 Å². The lowest BCUT2D eigenvalue weighted by molar-refractivity contribution is 0.414. The zero-order chi connectivity index (χ0) is 19.7. The van der Waals surface area contributed by atoms with Crippen molar-refractivity contribution in [1.82, 2.24) is 25.1 Å². The maximum absolute atomic E-state index is 5.43. The summed E-state index contributed by atoms with van der Waals surface area (Å²) in [4.78, 5) is 4.48. The van der Waals surface area contributed by atoms with E-state index in [1.165, 1.54) is 5.56 Å². The second-order valence-corrected chi connectivity index (χ2v) is 6.83. The third-order valence-corrected chi connectivity index (χ3v) is 4.68. The van der Waals surface area contributed by atoms with Gasteiger partial charge >= 0.3 is 0 Å². The lowest BCUT2D eigenvalue weighted by atomic mass is 10.0. The first kappa shape index (κ1) is 17.9. The summed E-state index contributed by atoms with van der Waals surface area (Å²) in [7, 11) is 1.63. The number of benzene rings is 2. The maximum Gasteiger partial charge on any atom is 0.280 e. The van der Waals surface area contributed by atoms with E-state index in [0.717, 1.165) is 22.7 Å². The molecule has 0 aliphatic rings. The van der Waals surface area contributed by atoms with Crippen LogP contribution in [0, 0.1) is 6.92 Å². The Morgan fingerprint density at radius 3 is 2.36 bits per heavy atom. The minimum atomic E-state index is 0.341. The van der Waals surface area contributed by atoms with Gasteiger partial charge in [0.25, 0.3) is 5.89 Å². The van der Waals surface area contributed by atoms with Gasteiger partial charge in [0.05, 0.1) is 18.5 Å². The number of methoxy groups -OCH3 is 1. The zero-order valence-electron chi connectivity index (χ0n) is 16.2. The highest BCUT2D eigenvalue weighted by Gasteiger charge is 2.19. The molecule has 7 heteroatoms. The van der Waals surface area contributed by atoms with Crippen LogP contribution >= 0.6 is 0 Å². The Hall–Kier alpha value is -3.48. The van der Waals surface area contributed by atoms with Crippen LogP contribution in [0.2, 0.25) is 0 Å². The van der Waals surface area contributed by atoms with Crippen LogP contribution in [-0.4, -0.2) is 32.2 Å². The van der Waals surface area contributed by atoms with E-state index in [1.807, 2.05) is 43.3 Å². The van der Waals surface area contributed by atoms with E-state index in [4.69, 9.17) is 9.26 Å². The van der Waals surface area contributed by atoms with Crippen molar-refractivity contribution < 1.29 is 9.26 Å². The van der Waals surface area contributed by atoms with Gasteiger partial charge < -0.3 is 9.26 Å². The van der Waals surface area contributed by atoms with Gasteiger partial charge in [-0.15, -0.1) is 5.10 Å². The molecule has 0 N–H and O–H groups in total. The van der Waals surface area contributed by atoms with Crippen molar-refractivity contribution in [3.63, 3.8) is 0 Å². The average molecular weight is 375 g/mol. The predicted molar refractivity (Wildman–Crippen MR) is 105 cm³/mol. The molecule has 28 heavy (non-hydrogen) atoms. The van der Waals surface area contributed by atoms with Gasteiger partial charge in [-0.3, -0.25) is 0 Å². The van der Waals surface area contributed by atoms with Gasteiger partial charge in [-0.2, -0.15) is 4.98 Å². The molecule has 7 nitrogen and oxygen atoms in total. The molecule has 0 unspecified atom stereocenters. The maximum atomic E-state index is 5.43. The van der Waals surface area contributed by atoms with Crippen molar-refractivity contribution in [2.24, 2.45) is 0 Å². The van der Waals surface area contributed by atoms with E-state index in [1.54, 1.807) is 11.8 Å². The first-order valence-corrected chi connectivity index (χ1v) is 9.08. The summed E-state index contributed by atoms with van der Waals surface area (Å²) in [5.41, 5.74) is 4.46. The highest BCUT2D eigenvalue weighted by Crippen LogP contribution is 2.26. The van der Waals surface area contributed by atoms with Crippen LogP contribution in [0.4, 0.5) is 0 Å². The third kappa shape index (κ3) is 3.26. The molecule has 0 aliphatic heterocycles. The number of hydrogen-bond donors (Lipinski definition) is 0. The van der Waals surface area contributed by atoms with E-state index in [2.05, 4.69) is 46.4 Å². The molecular formula is C21H21N5O2. The standard InChI is InChI=1S/C21H21N5O2/c1-13(2)15-5-9-17(10-6-15)26-14(3)19(23-25-26)21-22-20(24-28-21)16-7-11-18(27-4)12-8-16/h5-13H,1-4H3. The Balaban J connectivity index is 1.63. The molecule has 0 atom stereocenters. The molecular weight excluding hydrogens is 354 g/mol. The van der Waals surface area contributed by atoms with E-state index in [-0.39, 0.29) is 0 Å². The molecule has 4 aromatic rings. The highest BCUT2D eigenvalue weighted by atomic mass is 16.5. The zero-order valence-corrected chi connectivity index (χ0v) is 16.2. The van der Waals surface area contributed by atoms with Crippen molar-refractivity contribution in [2.75, 3.05) is 7.11 Å². The van der Waals surface area contributed by atoms with Crippen molar-refractivity contribution in [1.29, 1.82) is 0 Å². The second-order valence-electron chi connectivity index (χ2n) is 6.83. The number of aromatic nitrogens is 5. The predicted octanol–water partition coefficient (Wildman–Crippen LogP) is 4.42. The lowest BCUT2D eigenvalue weighted by Gasteiger charge is -2.07. The van der Waals surface area contributed by atoms with Crippen molar-refractivity contribution in [2.45, 2.75) is 26.7 Å². The van der Waals surface area contributed by atoms with Gasteiger partial charge in [-0.05, 0) is 54.8 Å². The van der Waals surface area contributed by atoms with Gasteiger partial charge in [-0.1, -0.05) is 36.4 Å². The normalized spacial score (nSPS) is 11.2. The van der Waals surface area contributed by atoms with Crippen LogP contribution in [0.5, 0.6) is 5.75 Å². The molecule has 0 aliphatic carbocycles. The summed E-state index contributed by atoms with van der Waals surface area (Å²) in [5, 5.41) is 12.6. The van der Waals surface area contributed by atoms with Crippen LogP contribution in [0.25, 0.3) is 28.7 Å². The van der Waals surface area contributed by atoms with Crippen LogP contribution in [-0.2, 0) is 0 Å². The number of nitrogens with zero attached hydrogens (tertiary/aromatic N) is 5. The molecule has 0 saturated carbocycles. The van der Waals surface area contributed by atoms with Gasteiger partial charge in [0.2, 0.25) is 5.82 Å². The Morgan fingerprint density at radius 1 is 1.00 bits per heavy atom. The summed E-state index contributed by atoms with van der Waals surface area (Å²) in [5.74, 6) is 2.09. The third-order valence-electron chi connectivity index (χ3n) is 4.68. The van der Waals surface area contributed by atoms with Crippen LogP contribution in [0.1, 0.15) is 31.0 Å². The summed E-state index contributed by atoms with van der Waals surface area (Å²) >= 11 is 0. The molecule has 2 aromatic carbocycles. The molecule has 0 amide bonds. The van der Waals surface area contributed by atoms with E-state index < -0.39 is 0 Å². The quantitative estimate of drug-likeness (QED) is 0.514.